The maximum absolute atomic E-state index is 13.6. The van der Waals surface area contributed by atoms with E-state index in [0.29, 0.717) is 30.1 Å². The molecule has 3 rings (SSSR count). The Hall–Kier alpha value is -2.81. The van der Waals surface area contributed by atoms with Crippen molar-refractivity contribution in [3.8, 4) is 5.75 Å². The molecule has 0 radical (unpaired) electrons. The maximum Gasteiger partial charge on any atom is 0.317 e. The molecule has 1 fully saturated rings. The Morgan fingerprint density at radius 2 is 1.89 bits per heavy atom. The molecule has 0 bridgehead atoms. The Kier molecular flexibility index (Phi) is 9.59. The SMILES string of the molecule is CC(C)NC(=O)N(C)C[C@@H]1Oc2c(NC(=O)C3CCCCC3)cccc2C(=O)N([C@@H](C)CO)C[C@@H]1C. The van der Waals surface area contributed by atoms with E-state index in [1.54, 1.807) is 42.0 Å². The minimum atomic E-state index is -0.444. The van der Waals surface area contributed by atoms with E-state index in [1.807, 2.05) is 20.8 Å². The van der Waals surface area contributed by atoms with Crippen LogP contribution in [0.25, 0.3) is 0 Å². The van der Waals surface area contributed by atoms with Gasteiger partial charge >= 0.3 is 6.03 Å². The summed E-state index contributed by atoms with van der Waals surface area (Å²) in [6.07, 6.45) is 4.51. The summed E-state index contributed by atoms with van der Waals surface area (Å²) in [6.45, 7) is 8.06. The highest BCUT2D eigenvalue weighted by molar-refractivity contribution is 6.02. The molecule has 9 nitrogen and oxygen atoms in total. The average Bonchev–Trinajstić information content (AvgIpc) is 2.86. The lowest BCUT2D eigenvalue weighted by atomic mass is 9.88. The largest absolute Gasteiger partial charge is 0.485 e. The molecule has 1 aliphatic carbocycles. The van der Waals surface area contributed by atoms with Gasteiger partial charge in [0.1, 0.15) is 6.10 Å². The number of para-hydroxylation sites is 1. The lowest BCUT2D eigenvalue weighted by Crippen LogP contribution is -2.51. The number of carbonyl (C=O) groups excluding carboxylic acids is 3. The highest BCUT2D eigenvalue weighted by Crippen LogP contribution is 2.36. The van der Waals surface area contributed by atoms with Crippen molar-refractivity contribution in [2.24, 2.45) is 11.8 Å². The number of carbonyl (C=O) groups is 3. The van der Waals surface area contributed by atoms with Crippen LogP contribution < -0.4 is 15.4 Å². The summed E-state index contributed by atoms with van der Waals surface area (Å²) < 4.78 is 6.48. The summed E-state index contributed by atoms with van der Waals surface area (Å²) in [4.78, 5) is 42.5. The fourth-order valence-electron chi connectivity index (χ4n) is 4.87. The number of fused-ring (bicyclic) bond motifs is 1. The van der Waals surface area contributed by atoms with Crippen LogP contribution in [0.4, 0.5) is 10.5 Å². The van der Waals surface area contributed by atoms with Gasteiger partial charge in [0, 0.05) is 31.5 Å². The first-order valence-corrected chi connectivity index (χ1v) is 13.2. The maximum atomic E-state index is 13.6. The van der Waals surface area contributed by atoms with Gasteiger partial charge in [-0.2, -0.15) is 0 Å². The molecule has 0 unspecified atom stereocenters. The number of ether oxygens (including phenoxy) is 1. The molecule has 0 spiro atoms. The van der Waals surface area contributed by atoms with E-state index in [2.05, 4.69) is 10.6 Å². The van der Waals surface area contributed by atoms with Crippen LogP contribution in [0.5, 0.6) is 5.75 Å². The first kappa shape index (κ1) is 27.8. The molecule has 1 heterocycles. The van der Waals surface area contributed by atoms with E-state index in [9.17, 15) is 19.5 Å². The number of nitrogens with one attached hydrogen (secondary N) is 2. The number of anilines is 1. The number of hydrogen-bond donors (Lipinski definition) is 3. The van der Waals surface area contributed by atoms with Crippen LogP contribution in [-0.2, 0) is 4.79 Å². The number of aliphatic hydroxyl groups is 1. The van der Waals surface area contributed by atoms with E-state index >= 15 is 0 Å². The smallest absolute Gasteiger partial charge is 0.317 e. The summed E-state index contributed by atoms with van der Waals surface area (Å²) in [5, 5.41) is 15.8. The molecule has 1 aromatic carbocycles. The minimum Gasteiger partial charge on any atom is -0.485 e. The Bertz CT molecular complexity index is 931. The van der Waals surface area contributed by atoms with Gasteiger partial charge in [-0.15, -0.1) is 0 Å². The molecule has 0 aromatic heterocycles. The molecule has 2 aliphatic rings. The number of rotatable bonds is 7. The van der Waals surface area contributed by atoms with Gasteiger partial charge in [0.15, 0.2) is 5.75 Å². The van der Waals surface area contributed by atoms with E-state index in [-0.39, 0.29) is 42.3 Å². The van der Waals surface area contributed by atoms with Crippen LogP contribution in [0.1, 0.15) is 70.2 Å². The van der Waals surface area contributed by atoms with Crippen molar-refractivity contribution in [1.82, 2.24) is 15.1 Å². The predicted octanol–water partition coefficient (Wildman–Crippen LogP) is 3.48. The average molecular weight is 503 g/mol. The van der Waals surface area contributed by atoms with Crippen molar-refractivity contribution in [3.63, 3.8) is 0 Å². The van der Waals surface area contributed by atoms with Crippen LogP contribution in [0.15, 0.2) is 18.2 Å². The van der Waals surface area contributed by atoms with E-state index in [4.69, 9.17) is 4.74 Å². The third-order valence-corrected chi connectivity index (χ3v) is 7.14. The van der Waals surface area contributed by atoms with E-state index in [1.165, 1.54) is 0 Å². The molecular weight excluding hydrogens is 460 g/mol. The second kappa shape index (κ2) is 12.4. The van der Waals surface area contributed by atoms with Crippen molar-refractivity contribution >= 4 is 23.5 Å². The van der Waals surface area contributed by atoms with Crippen LogP contribution in [-0.4, -0.2) is 77.7 Å². The Morgan fingerprint density at radius 3 is 2.53 bits per heavy atom. The molecule has 3 N–H and O–H groups in total. The highest BCUT2D eigenvalue weighted by atomic mass is 16.5. The highest BCUT2D eigenvalue weighted by Gasteiger charge is 2.35. The number of benzene rings is 1. The van der Waals surface area contributed by atoms with Gasteiger partial charge in [0.05, 0.1) is 30.4 Å². The lowest BCUT2D eigenvalue weighted by molar-refractivity contribution is -0.120. The van der Waals surface area contributed by atoms with E-state index < -0.39 is 12.1 Å². The fourth-order valence-corrected chi connectivity index (χ4v) is 4.87. The molecule has 1 aliphatic heterocycles. The van der Waals surface area contributed by atoms with E-state index in [0.717, 1.165) is 32.1 Å². The fraction of sp³-hybridized carbons (Fsp3) is 0.667. The van der Waals surface area contributed by atoms with Gasteiger partial charge in [-0.1, -0.05) is 32.3 Å². The number of nitrogens with zero attached hydrogens (tertiary/aromatic N) is 2. The molecule has 4 amide bonds. The van der Waals surface area contributed by atoms with Crippen molar-refractivity contribution in [2.45, 2.75) is 78.0 Å². The van der Waals surface area contributed by atoms with Gasteiger partial charge < -0.3 is 30.3 Å². The zero-order chi connectivity index (χ0) is 26.4. The normalized spacial score (nSPS) is 21.6. The Labute approximate surface area is 214 Å². The number of amides is 4. The summed E-state index contributed by atoms with van der Waals surface area (Å²) in [6, 6.07) is 4.57. The van der Waals surface area contributed by atoms with Gasteiger partial charge in [0.25, 0.3) is 5.91 Å². The first-order chi connectivity index (χ1) is 17.1. The molecule has 1 saturated carbocycles. The first-order valence-electron chi connectivity index (χ1n) is 13.2. The van der Waals surface area contributed by atoms with Gasteiger partial charge in [-0.25, -0.2) is 4.79 Å². The number of urea groups is 1. The Morgan fingerprint density at radius 1 is 1.19 bits per heavy atom. The van der Waals surface area contributed by atoms with Gasteiger partial charge in [-0.05, 0) is 45.7 Å². The van der Waals surface area contributed by atoms with Crippen molar-refractivity contribution < 1.29 is 24.2 Å². The number of likely N-dealkylation sites (N-methyl/N-ethyl adjacent to an activating group) is 1. The Balaban J connectivity index is 1.95. The topological polar surface area (TPSA) is 111 Å². The van der Waals surface area contributed by atoms with Crippen molar-refractivity contribution in [1.29, 1.82) is 0 Å². The molecule has 1 aromatic rings. The van der Waals surface area contributed by atoms with Crippen LogP contribution >= 0.6 is 0 Å². The molecule has 200 valence electrons. The summed E-state index contributed by atoms with van der Waals surface area (Å²) in [5.74, 6) is -0.190. The van der Waals surface area contributed by atoms with Crippen LogP contribution in [0, 0.1) is 11.8 Å². The summed E-state index contributed by atoms with van der Waals surface area (Å²) in [5.41, 5.74) is 0.796. The third kappa shape index (κ3) is 6.69. The second-order valence-corrected chi connectivity index (χ2v) is 10.6. The minimum absolute atomic E-state index is 0.00327. The molecular formula is C27H42N4O5. The monoisotopic (exact) mass is 502 g/mol. The van der Waals surface area contributed by atoms with Crippen molar-refractivity contribution in [2.75, 3.05) is 32.1 Å². The molecule has 9 heteroatoms. The quantitative estimate of drug-likeness (QED) is 0.529. The number of aliphatic hydroxyl groups excluding tert-OH is 1. The second-order valence-electron chi connectivity index (χ2n) is 10.6. The zero-order valence-corrected chi connectivity index (χ0v) is 22.3. The zero-order valence-electron chi connectivity index (χ0n) is 22.3. The number of hydrogen-bond acceptors (Lipinski definition) is 5. The van der Waals surface area contributed by atoms with Crippen molar-refractivity contribution in [3.05, 3.63) is 23.8 Å². The standard InChI is InChI=1S/C27H42N4O5/c1-17(2)28-27(35)30(5)15-23-18(3)14-31(19(4)16-32)26(34)21-12-9-13-22(24(21)36-23)29-25(33)20-10-7-6-8-11-20/h9,12-13,17-20,23,32H,6-8,10-11,14-16H2,1-5H3,(H,28,35)(H,29,33)/t18-,19-,23-/m0/s1. The van der Waals surface area contributed by atoms with Gasteiger partial charge in [-0.3, -0.25) is 9.59 Å². The molecule has 0 saturated heterocycles. The van der Waals surface area contributed by atoms with Gasteiger partial charge in [0.2, 0.25) is 5.91 Å². The summed E-state index contributed by atoms with van der Waals surface area (Å²) in [7, 11) is 1.71. The lowest BCUT2D eigenvalue weighted by Gasteiger charge is -2.38. The molecule has 3 atom stereocenters. The third-order valence-electron chi connectivity index (χ3n) is 7.14. The molecule has 36 heavy (non-hydrogen) atoms. The summed E-state index contributed by atoms with van der Waals surface area (Å²) >= 11 is 0. The van der Waals surface area contributed by atoms with Crippen LogP contribution in [0.2, 0.25) is 0 Å². The predicted molar refractivity (Wildman–Crippen MR) is 139 cm³/mol. The van der Waals surface area contributed by atoms with Crippen LogP contribution in [0.3, 0.4) is 0 Å².